The standard InChI is InChI=1S/C27H39ClN2O2/c1-4-5-6-7-9-16-30(20-24-14-12-23(13-15-24)11-8-10-17-31)27(32)29-26-21(2)18-25(28)19-22(26)3/h12-15,18-19,31H,4-11,16-17,20H2,1-3H3,(H,29,32). The zero-order valence-electron chi connectivity index (χ0n) is 19.9. The molecule has 0 saturated heterocycles. The summed E-state index contributed by atoms with van der Waals surface area (Å²) in [6, 6.07) is 12.2. The van der Waals surface area contributed by atoms with E-state index in [0.29, 0.717) is 11.6 Å². The van der Waals surface area contributed by atoms with Crippen LogP contribution in [0.1, 0.15) is 74.1 Å². The summed E-state index contributed by atoms with van der Waals surface area (Å²) in [5, 5.41) is 12.8. The van der Waals surface area contributed by atoms with Crippen LogP contribution in [0.2, 0.25) is 5.02 Å². The van der Waals surface area contributed by atoms with Gasteiger partial charge in [0.2, 0.25) is 0 Å². The topological polar surface area (TPSA) is 52.6 Å². The number of unbranched alkanes of at least 4 members (excludes halogenated alkanes) is 5. The van der Waals surface area contributed by atoms with Gasteiger partial charge in [-0.2, -0.15) is 0 Å². The van der Waals surface area contributed by atoms with Gasteiger partial charge in [0.15, 0.2) is 0 Å². The maximum Gasteiger partial charge on any atom is 0.322 e. The van der Waals surface area contributed by atoms with Gasteiger partial charge in [-0.3, -0.25) is 0 Å². The number of carbonyl (C=O) groups is 1. The largest absolute Gasteiger partial charge is 0.396 e. The zero-order chi connectivity index (χ0) is 23.3. The van der Waals surface area contributed by atoms with Crippen LogP contribution in [-0.2, 0) is 13.0 Å². The van der Waals surface area contributed by atoms with Crippen LogP contribution < -0.4 is 5.32 Å². The Hall–Kier alpha value is -2.04. The normalized spacial score (nSPS) is 10.9. The van der Waals surface area contributed by atoms with E-state index in [4.69, 9.17) is 16.7 Å². The van der Waals surface area contributed by atoms with E-state index in [1.807, 2.05) is 30.9 Å². The number of nitrogens with zero attached hydrogens (tertiary/aromatic N) is 1. The molecule has 0 heterocycles. The highest BCUT2D eigenvalue weighted by molar-refractivity contribution is 6.30. The molecule has 5 heteroatoms. The van der Waals surface area contributed by atoms with Crippen LogP contribution >= 0.6 is 11.6 Å². The molecule has 2 rings (SSSR count). The number of aliphatic hydroxyl groups is 1. The Balaban J connectivity index is 2.07. The minimum atomic E-state index is -0.0685. The summed E-state index contributed by atoms with van der Waals surface area (Å²) in [4.78, 5) is 15.1. The first-order valence-corrected chi connectivity index (χ1v) is 12.3. The van der Waals surface area contributed by atoms with E-state index in [1.54, 1.807) is 0 Å². The Morgan fingerprint density at radius 1 is 0.938 bits per heavy atom. The molecule has 0 saturated carbocycles. The molecule has 2 N–H and O–H groups in total. The number of hydrogen-bond acceptors (Lipinski definition) is 2. The van der Waals surface area contributed by atoms with E-state index in [0.717, 1.165) is 61.0 Å². The fraction of sp³-hybridized carbons (Fsp3) is 0.519. The molecule has 0 aromatic heterocycles. The summed E-state index contributed by atoms with van der Waals surface area (Å²) < 4.78 is 0. The lowest BCUT2D eigenvalue weighted by Crippen LogP contribution is -2.35. The molecule has 0 unspecified atom stereocenters. The van der Waals surface area contributed by atoms with Gasteiger partial charge in [-0.25, -0.2) is 4.79 Å². The highest BCUT2D eigenvalue weighted by atomic mass is 35.5. The van der Waals surface area contributed by atoms with Crippen LogP contribution in [0.5, 0.6) is 0 Å². The van der Waals surface area contributed by atoms with Gasteiger partial charge in [0.05, 0.1) is 0 Å². The molecule has 2 amide bonds. The van der Waals surface area contributed by atoms with Crippen molar-refractivity contribution in [3.8, 4) is 0 Å². The van der Waals surface area contributed by atoms with Crippen LogP contribution in [0.3, 0.4) is 0 Å². The number of urea groups is 1. The number of halogens is 1. The Morgan fingerprint density at radius 2 is 1.56 bits per heavy atom. The number of aryl methyl sites for hydroxylation is 3. The van der Waals surface area contributed by atoms with Crippen LogP contribution in [0.15, 0.2) is 36.4 Å². The number of benzene rings is 2. The zero-order valence-corrected chi connectivity index (χ0v) is 20.7. The number of nitrogens with one attached hydrogen (secondary N) is 1. The molecule has 0 spiro atoms. The van der Waals surface area contributed by atoms with Crippen molar-refractivity contribution in [2.75, 3.05) is 18.5 Å². The number of anilines is 1. The SMILES string of the molecule is CCCCCCCN(Cc1ccc(CCCCO)cc1)C(=O)Nc1c(C)cc(Cl)cc1C. The summed E-state index contributed by atoms with van der Waals surface area (Å²) in [6.45, 7) is 7.72. The van der Waals surface area contributed by atoms with Gasteiger partial charge < -0.3 is 15.3 Å². The first-order valence-electron chi connectivity index (χ1n) is 12.0. The molecule has 0 fully saturated rings. The smallest absolute Gasteiger partial charge is 0.322 e. The predicted octanol–water partition coefficient (Wildman–Crippen LogP) is 7.28. The van der Waals surface area contributed by atoms with Gasteiger partial charge in [-0.05, 0) is 73.9 Å². The van der Waals surface area contributed by atoms with Gasteiger partial charge in [-0.1, -0.05) is 68.5 Å². The molecule has 2 aromatic carbocycles. The Morgan fingerprint density at radius 3 is 2.19 bits per heavy atom. The fourth-order valence-electron chi connectivity index (χ4n) is 3.93. The van der Waals surface area contributed by atoms with Gasteiger partial charge in [0.1, 0.15) is 0 Å². The number of carbonyl (C=O) groups excluding carboxylic acids is 1. The summed E-state index contributed by atoms with van der Waals surface area (Å²) in [5.74, 6) is 0. The highest BCUT2D eigenvalue weighted by Crippen LogP contribution is 2.25. The summed E-state index contributed by atoms with van der Waals surface area (Å²) in [6.07, 6.45) is 8.60. The van der Waals surface area contributed by atoms with Gasteiger partial charge >= 0.3 is 6.03 Å². The molecule has 176 valence electrons. The first kappa shape index (κ1) is 26.2. The molecule has 4 nitrogen and oxygen atoms in total. The van der Waals surface area contributed by atoms with Crippen LogP contribution in [0.4, 0.5) is 10.5 Å². The van der Waals surface area contributed by atoms with Crippen LogP contribution in [0.25, 0.3) is 0 Å². The number of hydrogen-bond donors (Lipinski definition) is 2. The molecule has 0 aliphatic carbocycles. The monoisotopic (exact) mass is 458 g/mol. The first-order chi connectivity index (χ1) is 15.4. The Labute approximate surface area is 199 Å². The number of rotatable bonds is 13. The quantitative estimate of drug-likeness (QED) is 0.310. The molecule has 0 radical (unpaired) electrons. The Kier molecular flexibility index (Phi) is 11.6. The molecular weight excluding hydrogens is 420 g/mol. The molecule has 2 aromatic rings. The summed E-state index contributed by atoms with van der Waals surface area (Å²) in [7, 11) is 0. The third-order valence-corrected chi connectivity index (χ3v) is 6.04. The second kappa shape index (κ2) is 14.2. The fourth-order valence-corrected chi connectivity index (χ4v) is 4.25. The molecule has 0 bridgehead atoms. The average Bonchev–Trinajstić information content (AvgIpc) is 2.76. The summed E-state index contributed by atoms with van der Waals surface area (Å²) >= 11 is 6.16. The van der Waals surface area contributed by atoms with E-state index in [9.17, 15) is 4.79 Å². The molecule has 32 heavy (non-hydrogen) atoms. The lowest BCUT2D eigenvalue weighted by atomic mass is 10.1. The van der Waals surface area contributed by atoms with Gasteiger partial charge in [0.25, 0.3) is 0 Å². The highest BCUT2D eigenvalue weighted by Gasteiger charge is 2.16. The molecule has 0 atom stereocenters. The third-order valence-electron chi connectivity index (χ3n) is 5.82. The van der Waals surface area contributed by atoms with E-state index in [-0.39, 0.29) is 12.6 Å². The summed E-state index contributed by atoms with van der Waals surface area (Å²) in [5.41, 5.74) is 5.18. The van der Waals surface area contributed by atoms with Crippen molar-refractivity contribution in [2.45, 2.75) is 78.7 Å². The molecule has 0 aliphatic rings. The van der Waals surface area contributed by atoms with Crippen molar-refractivity contribution < 1.29 is 9.90 Å². The maximum absolute atomic E-state index is 13.2. The lowest BCUT2D eigenvalue weighted by Gasteiger charge is -2.25. The lowest BCUT2D eigenvalue weighted by molar-refractivity contribution is 0.207. The second-order valence-electron chi connectivity index (χ2n) is 8.68. The van der Waals surface area contributed by atoms with Gasteiger partial charge in [0, 0.05) is 30.4 Å². The number of aliphatic hydroxyl groups excluding tert-OH is 1. The van der Waals surface area contributed by atoms with Crippen molar-refractivity contribution in [3.63, 3.8) is 0 Å². The minimum absolute atomic E-state index is 0.0685. The minimum Gasteiger partial charge on any atom is -0.396 e. The van der Waals surface area contributed by atoms with E-state index in [1.165, 1.54) is 24.8 Å². The van der Waals surface area contributed by atoms with Crippen molar-refractivity contribution in [1.29, 1.82) is 0 Å². The number of amides is 2. The van der Waals surface area contributed by atoms with Crippen molar-refractivity contribution in [1.82, 2.24) is 4.90 Å². The van der Waals surface area contributed by atoms with Crippen molar-refractivity contribution in [3.05, 3.63) is 63.7 Å². The van der Waals surface area contributed by atoms with Crippen molar-refractivity contribution in [2.24, 2.45) is 0 Å². The van der Waals surface area contributed by atoms with E-state index in [2.05, 4.69) is 36.5 Å². The van der Waals surface area contributed by atoms with Crippen LogP contribution in [0, 0.1) is 13.8 Å². The average molecular weight is 459 g/mol. The molecular formula is C27H39ClN2O2. The second-order valence-corrected chi connectivity index (χ2v) is 9.11. The van der Waals surface area contributed by atoms with E-state index < -0.39 is 0 Å². The molecule has 0 aliphatic heterocycles. The predicted molar refractivity (Wildman–Crippen MR) is 136 cm³/mol. The maximum atomic E-state index is 13.2. The van der Waals surface area contributed by atoms with Crippen LogP contribution in [-0.4, -0.2) is 29.2 Å². The van der Waals surface area contributed by atoms with E-state index >= 15 is 0 Å². The van der Waals surface area contributed by atoms with Crippen molar-refractivity contribution >= 4 is 23.3 Å². The third kappa shape index (κ3) is 8.84. The Bertz CT molecular complexity index is 813. The van der Waals surface area contributed by atoms with Gasteiger partial charge in [-0.15, -0.1) is 0 Å².